The molecule has 2 aliphatic rings. The number of piperidine rings is 1. The molecule has 0 aromatic carbocycles. The molecule has 0 aromatic rings. The van der Waals surface area contributed by atoms with Gasteiger partial charge in [0.25, 0.3) is 0 Å². The lowest BCUT2D eigenvalue weighted by Gasteiger charge is -2.37. The number of carbonyl (C=O) groups excluding carboxylic acids is 1. The van der Waals surface area contributed by atoms with Gasteiger partial charge < -0.3 is 10.2 Å². The van der Waals surface area contributed by atoms with Gasteiger partial charge in [0.2, 0.25) is 5.91 Å². The highest BCUT2D eigenvalue weighted by Crippen LogP contribution is 2.32. The van der Waals surface area contributed by atoms with Crippen molar-refractivity contribution in [2.75, 3.05) is 13.1 Å². The summed E-state index contributed by atoms with van der Waals surface area (Å²) in [5.41, 5.74) is 0.149. The molecule has 2 rings (SSSR count). The van der Waals surface area contributed by atoms with Crippen LogP contribution in [0.15, 0.2) is 0 Å². The fourth-order valence-corrected chi connectivity index (χ4v) is 2.50. The molecule has 2 fully saturated rings. The van der Waals surface area contributed by atoms with E-state index in [1.54, 1.807) is 0 Å². The molecule has 0 aromatic heterocycles. The maximum atomic E-state index is 12.0. The van der Waals surface area contributed by atoms with E-state index in [2.05, 4.69) is 31.0 Å². The average Bonchev–Trinajstić information content (AvgIpc) is 2.97. The minimum atomic E-state index is 0.149. The van der Waals surface area contributed by atoms with Gasteiger partial charge in [-0.1, -0.05) is 0 Å². The van der Waals surface area contributed by atoms with Crippen molar-refractivity contribution in [3.8, 4) is 0 Å². The van der Waals surface area contributed by atoms with E-state index in [9.17, 15) is 4.79 Å². The van der Waals surface area contributed by atoms with Crippen LogP contribution in [0.25, 0.3) is 0 Å². The molecule has 0 spiro atoms. The Morgan fingerprint density at radius 1 is 1.25 bits per heavy atom. The van der Waals surface area contributed by atoms with E-state index in [-0.39, 0.29) is 5.54 Å². The zero-order valence-electron chi connectivity index (χ0n) is 10.8. The van der Waals surface area contributed by atoms with Crippen molar-refractivity contribution in [2.45, 2.75) is 58.0 Å². The summed E-state index contributed by atoms with van der Waals surface area (Å²) in [4.78, 5) is 14.0. The molecule has 1 saturated heterocycles. The topological polar surface area (TPSA) is 32.3 Å². The molecule has 0 radical (unpaired) electrons. The molecule has 0 unspecified atom stereocenters. The number of rotatable bonds is 2. The molecule has 92 valence electrons. The summed E-state index contributed by atoms with van der Waals surface area (Å²) in [6.07, 6.45) is 4.58. The summed E-state index contributed by atoms with van der Waals surface area (Å²) in [6, 6.07) is 0.483. The van der Waals surface area contributed by atoms with Crippen molar-refractivity contribution in [1.82, 2.24) is 10.2 Å². The van der Waals surface area contributed by atoms with E-state index in [1.807, 2.05) is 0 Å². The first kappa shape index (κ1) is 11.9. The smallest absolute Gasteiger partial charge is 0.225 e. The minimum absolute atomic E-state index is 0.149. The van der Waals surface area contributed by atoms with Crippen LogP contribution in [0.1, 0.15) is 46.5 Å². The Labute approximate surface area is 98.6 Å². The Bertz CT molecular complexity index is 266. The normalized spacial score (nSPS) is 26.9. The summed E-state index contributed by atoms with van der Waals surface area (Å²) < 4.78 is 0. The van der Waals surface area contributed by atoms with E-state index in [1.165, 1.54) is 6.42 Å². The Balaban J connectivity index is 1.86. The van der Waals surface area contributed by atoms with E-state index in [4.69, 9.17) is 0 Å². The van der Waals surface area contributed by atoms with Crippen LogP contribution in [0.2, 0.25) is 0 Å². The summed E-state index contributed by atoms with van der Waals surface area (Å²) >= 11 is 0. The van der Waals surface area contributed by atoms with Gasteiger partial charge in [-0.05, 0) is 46.5 Å². The molecule has 1 saturated carbocycles. The van der Waals surface area contributed by atoms with Gasteiger partial charge in [-0.25, -0.2) is 0 Å². The summed E-state index contributed by atoms with van der Waals surface area (Å²) in [5, 5.41) is 3.61. The number of nitrogens with one attached hydrogen (secondary N) is 1. The van der Waals surface area contributed by atoms with Gasteiger partial charge >= 0.3 is 0 Å². The lowest BCUT2D eigenvalue weighted by atomic mass is 10.0. The highest BCUT2D eigenvalue weighted by Gasteiger charge is 2.35. The van der Waals surface area contributed by atoms with Gasteiger partial charge in [-0.15, -0.1) is 0 Å². The third kappa shape index (κ3) is 3.21. The predicted molar refractivity (Wildman–Crippen MR) is 65.2 cm³/mol. The van der Waals surface area contributed by atoms with E-state index >= 15 is 0 Å². The van der Waals surface area contributed by atoms with E-state index in [0.29, 0.717) is 17.9 Å². The van der Waals surface area contributed by atoms with Gasteiger partial charge in [-0.3, -0.25) is 4.79 Å². The molecule has 1 aliphatic heterocycles. The fourth-order valence-electron chi connectivity index (χ4n) is 2.50. The first-order valence-electron chi connectivity index (χ1n) is 6.52. The van der Waals surface area contributed by atoms with E-state index in [0.717, 1.165) is 32.4 Å². The maximum Gasteiger partial charge on any atom is 0.225 e. The van der Waals surface area contributed by atoms with Gasteiger partial charge in [0.05, 0.1) is 0 Å². The summed E-state index contributed by atoms with van der Waals surface area (Å²) in [5.74, 6) is 0.772. The van der Waals surface area contributed by atoms with Crippen LogP contribution in [0, 0.1) is 5.92 Å². The van der Waals surface area contributed by atoms with Crippen LogP contribution >= 0.6 is 0 Å². The third-order valence-corrected chi connectivity index (χ3v) is 3.30. The average molecular weight is 224 g/mol. The Morgan fingerprint density at radius 2 is 1.94 bits per heavy atom. The molecule has 0 bridgehead atoms. The number of likely N-dealkylation sites (tertiary alicyclic amines) is 1. The highest BCUT2D eigenvalue weighted by molar-refractivity contribution is 5.81. The Hall–Kier alpha value is -0.570. The molecular weight excluding hydrogens is 200 g/mol. The SMILES string of the molecule is CC(C)(C)N[C@@H]1CCCN(C(=O)C2CC2)C1. The molecule has 3 nitrogen and oxygen atoms in total. The second kappa shape index (κ2) is 4.36. The zero-order valence-corrected chi connectivity index (χ0v) is 10.8. The maximum absolute atomic E-state index is 12.0. The van der Waals surface area contributed by atoms with Crippen LogP contribution in [-0.2, 0) is 4.79 Å². The number of hydrogen-bond acceptors (Lipinski definition) is 2. The zero-order chi connectivity index (χ0) is 11.8. The molecule has 1 aliphatic carbocycles. The highest BCUT2D eigenvalue weighted by atomic mass is 16.2. The largest absolute Gasteiger partial charge is 0.341 e. The quantitative estimate of drug-likeness (QED) is 0.775. The van der Waals surface area contributed by atoms with E-state index < -0.39 is 0 Å². The number of nitrogens with zero attached hydrogens (tertiary/aromatic N) is 1. The van der Waals surface area contributed by atoms with Crippen molar-refractivity contribution >= 4 is 5.91 Å². The van der Waals surface area contributed by atoms with Crippen LogP contribution < -0.4 is 5.32 Å². The van der Waals surface area contributed by atoms with Gasteiger partial charge in [-0.2, -0.15) is 0 Å². The fraction of sp³-hybridized carbons (Fsp3) is 0.923. The first-order chi connectivity index (χ1) is 7.46. The van der Waals surface area contributed by atoms with Crippen molar-refractivity contribution in [3.05, 3.63) is 0 Å². The summed E-state index contributed by atoms with van der Waals surface area (Å²) in [6.45, 7) is 8.45. The molecule has 3 heteroatoms. The summed E-state index contributed by atoms with van der Waals surface area (Å²) in [7, 11) is 0. The second-order valence-corrected chi connectivity index (χ2v) is 6.29. The van der Waals surface area contributed by atoms with Crippen molar-refractivity contribution in [2.24, 2.45) is 5.92 Å². The van der Waals surface area contributed by atoms with Gasteiger partial charge in [0.1, 0.15) is 0 Å². The predicted octanol–water partition coefficient (Wildman–Crippen LogP) is 1.78. The molecular formula is C13H24N2O. The van der Waals surface area contributed by atoms with Crippen LogP contribution in [0.3, 0.4) is 0 Å². The van der Waals surface area contributed by atoms with Crippen LogP contribution in [0.5, 0.6) is 0 Å². The van der Waals surface area contributed by atoms with Gasteiger partial charge in [0.15, 0.2) is 0 Å². The van der Waals surface area contributed by atoms with Crippen molar-refractivity contribution in [1.29, 1.82) is 0 Å². The lowest BCUT2D eigenvalue weighted by Crippen LogP contribution is -2.53. The second-order valence-electron chi connectivity index (χ2n) is 6.29. The molecule has 16 heavy (non-hydrogen) atoms. The Morgan fingerprint density at radius 3 is 2.50 bits per heavy atom. The molecule has 1 N–H and O–H groups in total. The first-order valence-corrected chi connectivity index (χ1v) is 6.52. The van der Waals surface area contributed by atoms with Crippen molar-refractivity contribution in [3.63, 3.8) is 0 Å². The molecule has 1 amide bonds. The number of hydrogen-bond donors (Lipinski definition) is 1. The minimum Gasteiger partial charge on any atom is -0.341 e. The number of carbonyl (C=O) groups is 1. The van der Waals surface area contributed by atoms with Gasteiger partial charge in [0, 0.05) is 30.6 Å². The van der Waals surface area contributed by atoms with Crippen LogP contribution in [0.4, 0.5) is 0 Å². The monoisotopic (exact) mass is 224 g/mol. The lowest BCUT2D eigenvalue weighted by molar-refractivity contribution is -0.134. The standard InChI is InChI=1S/C13H24N2O/c1-13(2,3)14-11-5-4-8-15(9-11)12(16)10-6-7-10/h10-11,14H,4-9H2,1-3H3/t11-/m1/s1. The van der Waals surface area contributed by atoms with Crippen LogP contribution in [-0.4, -0.2) is 35.5 Å². The third-order valence-electron chi connectivity index (χ3n) is 3.30. The van der Waals surface area contributed by atoms with Crippen molar-refractivity contribution < 1.29 is 4.79 Å². The molecule has 1 heterocycles. The molecule has 1 atom stereocenters. The Kier molecular flexibility index (Phi) is 3.24. The number of amides is 1.